The number of hydrogen-bond donors (Lipinski definition) is 0. The van der Waals surface area contributed by atoms with Gasteiger partial charge in [-0.2, -0.15) is 0 Å². The van der Waals surface area contributed by atoms with E-state index >= 15 is 0 Å². The molecule has 2 heterocycles. The molecule has 0 amide bonds. The molecule has 0 atom stereocenters. The molecule has 0 spiro atoms. The topological polar surface area (TPSA) is 40.6 Å². The van der Waals surface area contributed by atoms with Crippen LogP contribution in [0.1, 0.15) is 27.7 Å². The summed E-state index contributed by atoms with van der Waals surface area (Å²) in [5.41, 5.74) is 2.26. The lowest BCUT2D eigenvalue weighted by Gasteiger charge is -2.32. The van der Waals surface area contributed by atoms with Crippen molar-refractivity contribution < 1.29 is 14.0 Å². The fraction of sp³-hybridized carbons (Fsp3) is 0.389. The van der Waals surface area contributed by atoms with Crippen molar-refractivity contribution in [2.24, 2.45) is 0 Å². The molecule has 0 saturated carbocycles. The molecule has 23 heavy (non-hydrogen) atoms. The number of benzene rings is 1. The molecule has 4 nitrogen and oxygen atoms in total. The van der Waals surface area contributed by atoms with E-state index in [1.807, 2.05) is 36.4 Å². The van der Waals surface area contributed by atoms with Crippen LogP contribution in [-0.4, -0.2) is 30.4 Å². The summed E-state index contributed by atoms with van der Waals surface area (Å²) in [4.78, 5) is 4.39. The molecule has 0 N–H and O–H groups in total. The summed E-state index contributed by atoms with van der Waals surface area (Å²) >= 11 is 0. The first-order valence-corrected chi connectivity index (χ1v) is 7.78. The Balaban J connectivity index is 1.83. The zero-order valence-electron chi connectivity index (χ0n) is 14.3. The highest BCUT2D eigenvalue weighted by Crippen LogP contribution is 2.36. The molecule has 1 aromatic carbocycles. The summed E-state index contributed by atoms with van der Waals surface area (Å²) in [7, 11) is 1.31. The van der Waals surface area contributed by atoms with Crippen LogP contribution in [0.5, 0.6) is 5.75 Å². The Hall–Kier alpha value is -1.85. The maximum absolute atomic E-state index is 6.07. The standard InChI is InChI=1S/C18H22BNO3/c1-17(2)18(3,4)23-19(22-17)14-8-6-13(7-9-14)16-12-15(21-5)10-11-20-16/h6-12H,1-5H3. The molecular weight excluding hydrogens is 289 g/mol. The molecule has 1 fully saturated rings. The van der Waals surface area contributed by atoms with E-state index in [2.05, 4.69) is 32.7 Å². The molecular formula is C18H22BNO3. The van der Waals surface area contributed by atoms with Gasteiger partial charge >= 0.3 is 7.12 Å². The number of methoxy groups -OCH3 is 1. The Labute approximate surface area is 137 Å². The normalized spacial score (nSPS) is 18.9. The van der Waals surface area contributed by atoms with Crippen molar-refractivity contribution in [1.82, 2.24) is 4.98 Å². The average Bonchev–Trinajstić information content (AvgIpc) is 2.76. The molecule has 1 aromatic heterocycles. The summed E-state index contributed by atoms with van der Waals surface area (Å²) in [6.07, 6.45) is 1.75. The largest absolute Gasteiger partial charge is 0.497 e. The second-order valence-corrected chi connectivity index (χ2v) is 6.79. The van der Waals surface area contributed by atoms with E-state index in [9.17, 15) is 0 Å². The number of rotatable bonds is 3. The minimum atomic E-state index is -0.340. The Kier molecular flexibility index (Phi) is 3.94. The van der Waals surface area contributed by atoms with E-state index in [0.29, 0.717) is 0 Å². The van der Waals surface area contributed by atoms with E-state index < -0.39 is 0 Å². The van der Waals surface area contributed by atoms with Crippen LogP contribution in [0, 0.1) is 0 Å². The Morgan fingerprint density at radius 1 is 0.957 bits per heavy atom. The van der Waals surface area contributed by atoms with Crippen molar-refractivity contribution in [3.63, 3.8) is 0 Å². The van der Waals surface area contributed by atoms with Gasteiger partial charge in [0.15, 0.2) is 0 Å². The summed E-state index contributed by atoms with van der Waals surface area (Å²) in [6.45, 7) is 8.23. The van der Waals surface area contributed by atoms with Gasteiger partial charge in [-0.25, -0.2) is 0 Å². The van der Waals surface area contributed by atoms with Gasteiger partial charge < -0.3 is 14.0 Å². The molecule has 0 aliphatic carbocycles. The minimum Gasteiger partial charge on any atom is -0.497 e. The predicted octanol–water partition coefficient (Wildman–Crippen LogP) is 3.06. The lowest BCUT2D eigenvalue weighted by molar-refractivity contribution is 0.00578. The van der Waals surface area contributed by atoms with Gasteiger partial charge in [-0.3, -0.25) is 4.98 Å². The van der Waals surface area contributed by atoms with Crippen LogP contribution < -0.4 is 10.2 Å². The third-order valence-electron chi connectivity index (χ3n) is 4.70. The van der Waals surface area contributed by atoms with Crippen LogP contribution in [0.3, 0.4) is 0 Å². The molecule has 1 aliphatic rings. The number of pyridine rings is 1. The highest BCUT2D eigenvalue weighted by atomic mass is 16.7. The lowest BCUT2D eigenvalue weighted by atomic mass is 9.79. The van der Waals surface area contributed by atoms with Crippen molar-refractivity contribution in [3.8, 4) is 17.0 Å². The zero-order chi connectivity index (χ0) is 16.7. The fourth-order valence-corrected chi connectivity index (χ4v) is 2.49. The maximum atomic E-state index is 6.07. The first-order chi connectivity index (χ1) is 10.8. The average molecular weight is 311 g/mol. The monoisotopic (exact) mass is 311 g/mol. The van der Waals surface area contributed by atoms with Gasteiger partial charge in [-0.05, 0) is 39.2 Å². The molecule has 0 unspecified atom stereocenters. The number of aromatic nitrogens is 1. The molecule has 1 saturated heterocycles. The van der Waals surface area contributed by atoms with Crippen LogP contribution in [0.15, 0.2) is 42.6 Å². The SMILES string of the molecule is COc1ccnc(-c2ccc(B3OC(C)(C)C(C)(C)O3)cc2)c1. The van der Waals surface area contributed by atoms with E-state index in [0.717, 1.165) is 22.5 Å². The number of nitrogens with zero attached hydrogens (tertiary/aromatic N) is 1. The third-order valence-corrected chi connectivity index (χ3v) is 4.70. The van der Waals surface area contributed by atoms with E-state index in [1.54, 1.807) is 13.3 Å². The third kappa shape index (κ3) is 2.99. The molecule has 3 rings (SSSR count). The van der Waals surface area contributed by atoms with Gasteiger partial charge in [0.1, 0.15) is 5.75 Å². The van der Waals surface area contributed by atoms with Crippen molar-refractivity contribution in [3.05, 3.63) is 42.6 Å². The summed E-state index contributed by atoms with van der Waals surface area (Å²) in [5.74, 6) is 0.796. The van der Waals surface area contributed by atoms with Crippen LogP contribution >= 0.6 is 0 Å². The van der Waals surface area contributed by atoms with Crippen LogP contribution in [-0.2, 0) is 9.31 Å². The van der Waals surface area contributed by atoms with Gasteiger partial charge in [0.2, 0.25) is 0 Å². The second kappa shape index (κ2) is 5.66. The summed E-state index contributed by atoms with van der Waals surface area (Å²) < 4.78 is 17.4. The van der Waals surface area contributed by atoms with Crippen molar-refractivity contribution in [2.45, 2.75) is 38.9 Å². The predicted molar refractivity (Wildman–Crippen MR) is 91.9 cm³/mol. The van der Waals surface area contributed by atoms with Gasteiger partial charge in [0, 0.05) is 17.8 Å². The van der Waals surface area contributed by atoms with Crippen molar-refractivity contribution >= 4 is 12.6 Å². The molecule has 0 radical (unpaired) electrons. The fourth-order valence-electron chi connectivity index (χ4n) is 2.49. The first kappa shape index (κ1) is 16.0. The highest BCUT2D eigenvalue weighted by molar-refractivity contribution is 6.62. The number of ether oxygens (including phenoxy) is 1. The van der Waals surface area contributed by atoms with Crippen molar-refractivity contribution in [2.75, 3.05) is 7.11 Å². The second-order valence-electron chi connectivity index (χ2n) is 6.79. The summed E-state index contributed by atoms with van der Waals surface area (Å²) in [6, 6.07) is 11.9. The van der Waals surface area contributed by atoms with Crippen LogP contribution in [0.2, 0.25) is 0 Å². The Bertz CT molecular complexity index is 682. The van der Waals surface area contributed by atoms with E-state index in [4.69, 9.17) is 14.0 Å². The minimum absolute atomic E-state index is 0.329. The van der Waals surface area contributed by atoms with Gasteiger partial charge in [0.05, 0.1) is 24.0 Å². The molecule has 0 bridgehead atoms. The zero-order valence-corrected chi connectivity index (χ0v) is 14.3. The number of hydrogen-bond acceptors (Lipinski definition) is 4. The smallest absolute Gasteiger partial charge is 0.494 e. The van der Waals surface area contributed by atoms with Gasteiger partial charge in [-0.1, -0.05) is 24.3 Å². The highest BCUT2D eigenvalue weighted by Gasteiger charge is 2.51. The molecule has 2 aromatic rings. The van der Waals surface area contributed by atoms with Crippen LogP contribution in [0.25, 0.3) is 11.3 Å². The van der Waals surface area contributed by atoms with E-state index in [1.165, 1.54) is 0 Å². The van der Waals surface area contributed by atoms with E-state index in [-0.39, 0.29) is 18.3 Å². The van der Waals surface area contributed by atoms with Crippen molar-refractivity contribution in [1.29, 1.82) is 0 Å². The lowest BCUT2D eigenvalue weighted by Crippen LogP contribution is -2.41. The van der Waals surface area contributed by atoms with Crippen LogP contribution in [0.4, 0.5) is 0 Å². The first-order valence-electron chi connectivity index (χ1n) is 7.78. The Morgan fingerprint density at radius 2 is 1.57 bits per heavy atom. The molecule has 120 valence electrons. The Morgan fingerprint density at radius 3 is 2.13 bits per heavy atom. The maximum Gasteiger partial charge on any atom is 0.494 e. The van der Waals surface area contributed by atoms with Gasteiger partial charge in [0.25, 0.3) is 0 Å². The van der Waals surface area contributed by atoms with Gasteiger partial charge in [-0.15, -0.1) is 0 Å². The quantitative estimate of drug-likeness (QED) is 0.817. The molecule has 5 heteroatoms. The molecule has 1 aliphatic heterocycles. The summed E-state index contributed by atoms with van der Waals surface area (Å²) in [5, 5.41) is 0.